The van der Waals surface area contributed by atoms with Crippen LogP contribution in [0.15, 0.2) is 48.5 Å². The molecule has 2 amide bonds. The van der Waals surface area contributed by atoms with E-state index in [-0.39, 0.29) is 11.2 Å². The number of benzene rings is 2. The van der Waals surface area contributed by atoms with Gasteiger partial charge in [0.25, 0.3) is 0 Å². The number of nitrogens with one attached hydrogen (secondary N) is 2. The first-order valence-corrected chi connectivity index (χ1v) is 7.48. The van der Waals surface area contributed by atoms with Crippen LogP contribution in [0.25, 0.3) is 0 Å². The Morgan fingerprint density at radius 2 is 1.62 bits per heavy atom. The molecular formula is C18H20F2N2O2. The fourth-order valence-corrected chi connectivity index (χ4v) is 2.25. The van der Waals surface area contributed by atoms with Crippen molar-refractivity contribution in [1.29, 1.82) is 0 Å². The van der Waals surface area contributed by atoms with Gasteiger partial charge >= 0.3 is 12.6 Å². The number of hydrogen-bond acceptors (Lipinski definition) is 2. The molecule has 0 saturated carbocycles. The van der Waals surface area contributed by atoms with Gasteiger partial charge in [-0.3, -0.25) is 0 Å². The Morgan fingerprint density at radius 3 is 2.21 bits per heavy atom. The largest absolute Gasteiger partial charge is 0.435 e. The molecular weight excluding hydrogens is 314 g/mol. The first kappa shape index (κ1) is 17.7. The zero-order valence-corrected chi connectivity index (χ0v) is 13.8. The average molecular weight is 334 g/mol. The third kappa shape index (κ3) is 4.94. The number of halogens is 2. The van der Waals surface area contributed by atoms with Gasteiger partial charge in [0.15, 0.2) is 0 Å². The zero-order valence-electron chi connectivity index (χ0n) is 13.8. The van der Waals surface area contributed by atoms with E-state index in [1.165, 1.54) is 24.3 Å². The number of ether oxygens (including phenoxy) is 1. The van der Waals surface area contributed by atoms with Gasteiger partial charge in [-0.25, -0.2) is 4.79 Å². The van der Waals surface area contributed by atoms with Crippen LogP contribution in [0.1, 0.15) is 26.3 Å². The number of amides is 2. The maximum Gasteiger partial charge on any atom is 0.387 e. The molecule has 24 heavy (non-hydrogen) atoms. The lowest BCUT2D eigenvalue weighted by Crippen LogP contribution is -2.22. The van der Waals surface area contributed by atoms with E-state index in [1.807, 2.05) is 24.3 Å². The Labute approximate surface area is 139 Å². The summed E-state index contributed by atoms with van der Waals surface area (Å²) in [4.78, 5) is 12.2. The van der Waals surface area contributed by atoms with Crippen molar-refractivity contribution in [2.45, 2.75) is 32.8 Å². The van der Waals surface area contributed by atoms with Crippen molar-refractivity contribution in [2.24, 2.45) is 0 Å². The molecule has 2 N–H and O–H groups in total. The minimum atomic E-state index is -2.87. The smallest absolute Gasteiger partial charge is 0.387 e. The van der Waals surface area contributed by atoms with Crippen molar-refractivity contribution in [3.05, 3.63) is 54.1 Å². The van der Waals surface area contributed by atoms with E-state index < -0.39 is 12.6 Å². The van der Waals surface area contributed by atoms with Crippen LogP contribution >= 0.6 is 0 Å². The van der Waals surface area contributed by atoms with Gasteiger partial charge in [-0.2, -0.15) is 8.78 Å². The summed E-state index contributed by atoms with van der Waals surface area (Å²) in [7, 11) is 0. The molecule has 0 unspecified atom stereocenters. The summed E-state index contributed by atoms with van der Waals surface area (Å²) >= 11 is 0. The van der Waals surface area contributed by atoms with Crippen LogP contribution in [-0.4, -0.2) is 12.6 Å². The molecule has 0 aliphatic carbocycles. The van der Waals surface area contributed by atoms with Gasteiger partial charge in [0.2, 0.25) is 0 Å². The van der Waals surface area contributed by atoms with Crippen molar-refractivity contribution in [3.63, 3.8) is 0 Å². The minimum Gasteiger partial charge on any atom is -0.435 e. The quantitative estimate of drug-likeness (QED) is 0.804. The van der Waals surface area contributed by atoms with Gasteiger partial charge in [-0.15, -0.1) is 0 Å². The highest BCUT2D eigenvalue weighted by Crippen LogP contribution is 2.29. The predicted octanol–water partition coefficient (Wildman–Crippen LogP) is 5.23. The molecule has 0 fully saturated rings. The molecule has 0 saturated heterocycles. The van der Waals surface area contributed by atoms with Crippen LogP contribution in [0.2, 0.25) is 0 Å². The highest BCUT2D eigenvalue weighted by Gasteiger charge is 2.18. The van der Waals surface area contributed by atoms with Crippen molar-refractivity contribution in [2.75, 3.05) is 10.6 Å². The highest BCUT2D eigenvalue weighted by atomic mass is 19.3. The van der Waals surface area contributed by atoms with Crippen LogP contribution in [0.5, 0.6) is 5.75 Å². The predicted molar refractivity (Wildman–Crippen MR) is 90.9 cm³/mol. The van der Waals surface area contributed by atoms with Crippen LogP contribution in [0.3, 0.4) is 0 Å². The molecule has 0 radical (unpaired) electrons. The molecule has 0 aliphatic rings. The first-order valence-electron chi connectivity index (χ1n) is 7.48. The molecule has 0 atom stereocenters. The fraction of sp³-hybridized carbons (Fsp3) is 0.278. The molecule has 0 aromatic heterocycles. The molecule has 0 bridgehead atoms. The van der Waals surface area contributed by atoms with Crippen LogP contribution < -0.4 is 15.4 Å². The zero-order chi connectivity index (χ0) is 17.7. The summed E-state index contributed by atoms with van der Waals surface area (Å²) in [6.07, 6.45) is 0. The van der Waals surface area contributed by atoms with E-state index in [9.17, 15) is 13.6 Å². The fourth-order valence-electron chi connectivity index (χ4n) is 2.25. The molecule has 128 valence electrons. The molecule has 6 heteroatoms. The van der Waals surface area contributed by atoms with Crippen LogP contribution in [-0.2, 0) is 5.41 Å². The molecule has 2 aromatic rings. The number of hydrogen-bond donors (Lipinski definition) is 2. The van der Waals surface area contributed by atoms with Gasteiger partial charge < -0.3 is 15.4 Å². The van der Waals surface area contributed by atoms with Gasteiger partial charge in [0.1, 0.15) is 5.75 Å². The second-order valence-corrected chi connectivity index (χ2v) is 6.28. The number of rotatable bonds is 4. The second-order valence-electron chi connectivity index (χ2n) is 6.28. The van der Waals surface area contributed by atoms with E-state index in [1.54, 1.807) is 0 Å². The SMILES string of the molecule is CC(C)(C)c1ccccc1NC(=O)Nc1ccc(OC(F)F)cc1. The molecule has 0 spiro atoms. The Kier molecular flexibility index (Phi) is 5.39. The number of carbonyl (C=O) groups excluding carboxylic acids is 1. The normalized spacial score (nSPS) is 11.2. The molecule has 0 aliphatic heterocycles. The number of anilines is 2. The summed E-state index contributed by atoms with van der Waals surface area (Å²) in [6.45, 7) is 3.31. The van der Waals surface area contributed by atoms with Crippen LogP contribution in [0, 0.1) is 0 Å². The number of alkyl halides is 2. The van der Waals surface area contributed by atoms with Crippen molar-refractivity contribution in [1.82, 2.24) is 0 Å². The molecule has 0 heterocycles. The first-order chi connectivity index (χ1) is 11.3. The summed E-state index contributed by atoms with van der Waals surface area (Å²) in [5.74, 6) is 0.0361. The topological polar surface area (TPSA) is 50.4 Å². The average Bonchev–Trinajstić information content (AvgIpc) is 2.48. The van der Waals surface area contributed by atoms with Crippen molar-refractivity contribution < 1.29 is 18.3 Å². The third-order valence-electron chi connectivity index (χ3n) is 3.32. The van der Waals surface area contributed by atoms with Gasteiger partial charge in [0, 0.05) is 11.4 Å². The summed E-state index contributed by atoms with van der Waals surface area (Å²) in [5, 5.41) is 5.47. The van der Waals surface area contributed by atoms with E-state index >= 15 is 0 Å². The number of carbonyl (C=O) groups is 1. The summed E-state index contributed by atoms with van der Waals surface area (Å²) in [5.41, 5.74) is 2.10. The van der Waals surface area contributed by atoms with Crippen LogP contribution in [0.4, 0.5) is 25.0 Å². The summed E-state index contributed by atoms with van der Waals surface area (Å²) < 4.78 is 28.5. The second kappa shape index (κ2) is 7.29. The molecule has 4 nitrogen and oxygen atoms in total. The monoisotopic (exact) mass is 334 g/mol. The number of urea groups is 1. The highest BCUT2D eigenvalue weighted by molar-refractivity contribution is 6.00. The van der Waals surface area contributed by atoms with E-state index in [0.29, 0.717) is 5.69 Å². The third-order valence-corrected chi connectivity index (χ3v) is 3.32. The molecule has 2 aromatic carbocycles. The maximum absolute atomic E-state index is 12.2. The summed E-state index contributed by atoms with van der Waals surface area (Å²) in [6, 6.07) is 12.9. The maximum atomic E-state index is 12.2. The minimum absolute atomic E-state index is 0.0361. The van der Waals surface area contributed by atoms with Crippen molar-refractivity contribution in [3.8, 4) is 5.75 Å². The van der Waals surface area contributed by atoms with Gasteiger partial charge in [0.05, 0.1) is 0 Å². The van der Waals surface area contributed by atoms with Crippen molar-refractivity contribution >= 4 is 17.4 Å². The lowest BCUT2D eigenvalue weighted by molar-refractivity contribution is -0.0498. The van der Waals surface area contributed by atoms with E-state index in [2.05, 4.69) is 36.1 Å². The molecule has 2 rings (SSSR count). The Bertz CT molecular complexity index is 695. The number of para-hydroxylation sites is 1. The Hall–Kier alpha value is -2.63. The lowest BCUT2D eigenvalue weighted by Gasteiger charge is -2.23. The van der Waals surface area contributed by atoms with Gasteiger partial charge in [-0.1, -0.05) is 39.0 Å². The van der Waals surface area contributed by atoms with E-state index in [0.717, 1.165) is 11.3 Å². The van der Waals surface area contributed by atoms with E-state index in [4.69, 9.17) is 0 Å². The Morgan fingerprint density at radius 1 is 1.00 bits per heavy atom. The lowest BCUT2D eigenvalue weighted by atomic mass is 9.86. The Balaban J connectivity index is 2.04. The van der Waals surface area contributed by atoms with Gasteiger partial charge in [-0.05, 0) is 41.3 Å². The standard InChI is InChI=1S/C18H20F2N2O2/c1-18(2,3)14-6-4-5-7-15(14)22-17(23)21-12-8-10-13(11-9-12)24-16(19)20/h4-11,16H,1-3H3,(H2,21,22,23).